The molecule has 6 rings (SSSR count). The van der Waals surface area contributed by atoms with E-state index in [0.717, 1.165) is 48.9 Å². The smallest absolute Gasteiger partial charge is 0.261 e. The van der Waals surface area contributed by atoms with Crippen LogP contribution in [0.25, 0.3) is 11.5 Å². The van der Waals surface area contributed by atoms with Crippen molar-refractivity contribution in [1.82, 2.24) is 10.1 Å². The standard InChI is InChI=1S/C21H21F2N3O3S/c1-10-24-19(29-26-10)17-13-6-7-21(22,23)8-15(13)30-20(17)25-18(28)16-12-4-2-11(3-5-12)14(16)9-27/h9,11-12H,2-8H2,1H3,(H,25,28). The summed E-state index contributed by atoms with van der Waals surface area (Å²) in [5.74, 6) is -2.23. The zero-order chi connectivity index (χ0) is 21.0. The molecule has 0 saturated heterocycles. The summed E-state index contributed by atoms with van der Waals surface area (Å²) in [5, 5.41) is 7.17. The van der Waals surface area contributed by atoms with Crippen molar-refractivity contribution in [3.05, 3.63) is 27.4 Å². The third-order valence-electron chi connectivity index (χ3n) is 6.48. The molecule has 0 radical (unpaired) electrons. The molecule has 4 aliphatic carbocycles. The number of thiophene rings is 1. The van der Waals surface area contributed by atoms with Crippen molar-refractivity contribution < 1.29 is 22.9 Å². The molecular formula is C21H21F2N3O3S. The molecule has 0 aliphatic heterocycles. The van der Waals surface area contributed by atoms with Gasteiger partial charge in [-0.2, -0.15) is 4.98 Å². The number of nitrogens with one attached hydrogen (secondary N) is 1. The zero-order valence-corrected chi connectivity index (χ0v) is 17.3. The maximum absolute atomic E-state index is 14.0. The van der Waals surface area contributed by atoms with Crippen molar-refractivity contribution in [3.63, 3.8) is 0 Å². The molecule has 0 spiro atoms. The van der Waals surface area contributed by atoms with Crippen LogP contribution in [-0.4, -0.2) is 28.3 Å². The number of carbonyl (C=O) groups is 2. The molecular weight excluding hydrogens is 412 g/mol. The molecule has 6 nitrogen and oxygen atoms in total. The minimum Gasteiger partial charge on any atom is -0.334 e. The molecule has 1 amide bonds. The van der Waals surface area contributed by atoms with Gasteiger partial charge in [0.05, 0.1) is 5.56 Å². The molecule has 158 valence electrons. The minimum absolute atomic E-state index is 0.0724. The summed E-state index contributed by atoms with van der Waals surface area (Å²) in [4.78, 5) is 29.7. The predicted molar refractivity (Wildman–Crippen MR) is 106 cm³/mol. The van der Waals surface area contributed by atoms with Gasteiger partial charge in [0.2, 0.25) is 0 Å². The lowest BCUT2D eigenvalue weighted by Crippen LogP contribution is -2.33. The van der Waals surface area contributed by atoms with Crippen LogP contribution in [0.5, 0.6) is 0 Å². The molecule has 4 aliphatic rings. The molecule has 2 heterocycles. The van der Waals surface area contributed by atoms with Gasteiger partial charge in [0.1, 0.15) is 11.3 Å². The summed E-state index contributed by atoms with van der Waals surface area (Å²) < 4.78 is 33.3. The highest BCUT2D eigenvalue weighted by molar-refractivity contribution is 7.17. The van der Waals surface area contributed by atoms with Crippen molar-refractivity contribution in [2.75, 3.05) is 5.32 Å². The number of amides is 1. The number of aromatic nitrogens is 2. The molecule has 9 heteroatoms. The van der Waals surface area contributed by atoms with Crippen LogP contribution < -0.4 is 5.32 Å². The van der Waals surface area contributed by atoms with E-state index < -0.39 is 5.92 Å². The first kappa shape index (κ1) is 19.5. The highest BCUT2D eigenvalue weighted by Gasteiger charge is 2.41. The quantitative estimate of drug-likeness (QED) is 0.719. The number of aldehydes is 1. The fraction of sp³-hybridized carbons (Fsp3) is 0.524. The van der Waals surface area contributed by atoms with Gasteiger partial charge in [0.15, 0.2) is 5.82 Å². The predicted octanol–water partition coefficient (Wildman–Crippen LogP) is 4.48. The molecule has 2 aromatic rings. The second kappa shape index (κ2) is 7.08. The van der Waals surface area contributed by atoms with E-state index in [-0.39, 0.29) is 42.9 Å². The largest absolute Gasteiger partial charge is 0.334 e. The number of fused-ring (bicyclic) bond motifs is 3. The van der Waals surface area contributed by atoms with Crippen LogP contribution in [0.1, 0.15) is 48.4 Å². The fourth-order valence-electron chi connectivity index (χ4n) is 5.06. The summed E-state index contributed by atoms with van der Waals surface area (Å²) in [6.07, 6.45) is 4.03. The number of halogens is 2. The normalized spacial score (nSPS) is 24.6. The Bertz CT molecular complexity index is 1060. The molecule has 2 aromatic heterocycles. The van der Waals surface area contributed by atoms with Gasteiger partial charge in [-0.3, -0.25) is 9.59 Å². The summed E-state index contributed by atoms with van der Waals surface area (Å²) >= 11 is 1.14. The van der Waals surface area contributed by atoms with E-state index in [4.69, 9.17) is 4.52 Å². The highest BCUT2D eigenvalue weighted by Crippen LogP contribution is 2.48. The van der Waals surface area contributed by atoms with Crippen molar-refractivity contribution in [2.45, 2.75) is 57.8 Å². The first-order valence-corrected chi connectivity index (χ1v) is 11.0. The van der Waals surface area contributed by atoms with Gasteiger partial charge < -0.3 is 9.84 Å². The summed E-state index contributed by atoms with van der Waals surface area (Å²) in [7, 11) is 0. The van der Waals surface area contributed by atoms with Crippen LogP contribution >= 0.6 is 11.3 Å². The van der Waals surface area contributed by atoms with Gasteiger partial charge in [-0.05, 0) is 56.4 Å². The second-order valence-corrected chi connectivity index (χ2v) is 9.48. The van der Waals surface area contributed by atoms with E-state index >= 15 is 0 Å². The molecule has 0 aromatic carbocycles. The number of rotatable bonds is 4. The number of alkyl halides is 2. The van der Waals surface area contributed by atoms with E-state index in [1.54, 1.807) is 6.92 Å². The molecule has 0 unspecified atom stereocenters. The summed E-state index contributed by atoms with van der Waals surface area (Å²) in [6.45, 7) is 1.68. The van der Waals surface area contributed by atoms with Gasteiger partial charge in [0, 0.05) is 28.9 Å². The Morgan fingerprint density at radius 1 is 1.27 bits per heavy atom. The lowest BCUT2D eigenvalue weighted by molar-refractivity contribution is -0.114. The van der Waals surface area contributed by atoms with Crippen molar-refractivity contribution in [1.29, 1.82) is 0 Å². The fourth-order valence-corrected chi connectivity index (χ4v) is 6.37. The van der Waals surface area contributed by atoms with Gasteiger partial charge in [0.25, 0.3) is 17.7 Å². The average Bonchev–Trinajstić information content (AvgIpc) is 3.29. The van der Waals surface area contributed by atoms with Gasteiger partial charge >= 0.3 is 0 Å². The van der Waals surface area contributed by atoms with Gasteiger partial charge in [-0.15, -0.1) is 11.3 Å². The van der Waals surface area contributed by atoms with Crippen LogP contribution in [-0.2, 0) is 22.4 Å². The van der Waals surface area contributed by atoms with Crippen molar-refractivity contribution in [3.8, 4) is 11.5 Å². The van der Waals surface area contributed by atoms with E-state index in [2.05, 4.69) is 15.5 Å². The first-order valence-electron chi connectivity index (χ1n) is 10.2. The van der Waals surface area contributed by atoms with Gasteiger partial charge in [-0.1, -0.05) is 5.16 Å². The molecule has 1 saturated carbocycles. The zero-order valence-electron chi connectivity index (χ0n) is 16.5. The number of nitrogens with zero attached hydrogens (tertiary/aromatic N) is 2. The van der Waals surface area contributed by atoms with Crippen LogP contribution in [0, 0.1) is 18.8 Å². The number of anilines is 1. The molecule has 0 atom stereocenters. The van der Waals surface area contributed by atoms with E-state index in [9.17, 15) is 18.4 Å². The van der Waals surface area contributed by atoms with E-state index in [1.807, 2.05) is 0 Å². The SMILES string of the molecule is Cc1noc(-c2c(NC(=O)C3=C(C=O)C4CCC3CC4)sc3c2CCC(F)(F)C3)n1. The third-order valence-corrected chi connectivity index (χ3v) is 7.62. The molecule has 30 heavy (non-hydrogen) atoms. The lowest BCUT2D eigenvalue weighted by Gasteiger charge is -2.37. The summed E-state index contributed by atoms with van der Waals surface area (Å²) in [5.41, 5.74) is 2.42. The Balaban J connectivity index is 1.55. The second-order valence-electron chi connectivity index (χ2n) is 8.38. The maximum Gasteiger partial charge on any atom is 0.261 e. The maximum atomic E-state index is 14.0. The number of hydrogen-bond acceptors (Lipinski definition) is 6. The number of carbonyl (C=O) groups excluding carboxylic acids is 2. The summed E-state index contributed by atoms with van der Waals surface area (Å²) in [6, 6.07) is 0. The van der Waals surface area contributed by atoms with Crippen LogP contribution in [0.3, 0.4) is 0 Å². The lowest BCUT2D eigenvalue weighted by atomic mass is 9.67. The highest BCUT2D eigenvalue weighted by atomic mass is 32.1. The third kappa shape index (κ3) is 3.19. The number of aryl methyl sites for hydroxylation is 1. The Hall–Kier alpha value is -2.42. The van der Waals surface area contributed by atoms with Crippen LogP contribution in [0.2, 0.25) is 0 Å². The topological polar surface area (TPSA) is 85.1 Å². The molecule has 2 bridgehead atoms. The van der Waals surface area contributed by atoms with Crippen LogP contribution in [0.4, 0.5) is 13.8 Å². The van der Waals surface area contributed by atoms with E-state index in [0.29, 0.717) is 32.4 Å². The Kier molecular flexibility index (Phi) is 4.61. The Labute approximate surface area is 175 Å². The Morgan fingerprint density at radius 2 is 2.00 bits per heavy atom. The molecule has 1 fully saturated rings. The van der Waals surface area contributed by atoms with Crippen LogP contribution in [0.15, 0.2) is 15.7 Å². The molecule has 1 N–H and O–H groups in total. The van der Waals surface area contributed by atoms with Gasteiger partial charge in [-0.25, -0.2) is 8.78 Å². The Morgan fingerprint density at radius 3 is 2.67 bits per heavy atom. The number of hydrogen-bond donors (Lipinski definition) is 1. The monoisotopic (exact) mass is 433 g/mol. The van der Waals surface area contributed by atoms with Crippen molar-refractivity contribution >= 4 is 28.5 Å². The average molecular weight is 433 g/mol. The minimum atomic E-state index is -2.77. The number of allylic oxidation sites excluding steroid dienone is 1. The van der Waals surface area contributed by atoms with E-state index in [1.165, 1.54) is 0 Å². The first-order chi connectivity index (χ1) is 14.4. The van der Waals surface area contributed by atoms with Crippen molar-refractivity contribution in [2.24, 2.45) is 11.8 Å².